The number of rotatable bonds is 4. The number of anilines is 1. The topological polar surface area (TPSA) is 64.0 Å². The summed E-state index contributed by atoms with van der Waals surface area (Å²) in [7, 11) is 0. The van der Waals surface area contributed by atoms with Gasteiger partial charge in [0.05, 0.1) is 11.3 Å². The minimum atomic E-state index is -0.528. The summed E-state index contributed by atoms with van der Waals surface area (Å²) in [4.78, 5) is 29.5. The minimum Gasteiger partial charge on any atom is -0.294 e. The molecule has 1 aliphatic heterocycles. The molecule has 1 aromatic carbocycles. The maximum Gasteiger partial charge on any atom is 0.263 e. The Balaban J connectivity index is 2.22. The number of halogens is 1. The highest BCUT2D eigenvalue weighted by Gasteiger charge is 2.31. The predicted octanol–water partition coefficient (Wildman–Crippen LogP) is 3.53. The molecular formula is C17H18BrN3O2. The second-order valence-corrected chi connectivity index (χ2v) is 6.62. The van der Waals surface area contributed by atoms with Gasteiger partial charge in [-0.3, -0.25) is 19.5 Å². The number of nitrogens with zero attached hydrogens (tertiary/aromatic N) is 2. The maximum atomic E-state index is 13.0. The molecule has 2 heterocycles. The molecular weight excluding hydrogens is 358 g/mol. The van der Waals surface area contributed by atoms with Gasteiger partial charge in [0.15, 0.2) is 0 Å². The Hall–Kier alpha value is -1.95. The van der Waals surface area contributed by atoms with E-state index < -0.39 is 6.04 Å². The van der Waals surface area contributed by atoms with Gasteiger partial charge in [0, 0.05) is 4.47 Å². The summed E-state index contributed by atoms with van der Waals surface area (Å²) in [5.74, 6) is 0.170. The number of carbonyl (C=O) groups is 1. The summed E-state index contributed by atoms with van der Waals surface area (Å²) in [5, 5.41) is 2.70. The lowest BCUT2D eigenvalue weighted by atomic mass is 10.0. The van der Waals surface area contributed by atoms with E-state index in [1.54, 1.807) is 6.92 Å². The minimum absolute atomic E-state index is 0.158. The van der Waals surface area contributed by atoms with Crippen LogP contribution in [0.3, 0.4) is 0 Å². The van der Waals surface area contributed by atoms with E-state index in [-0.39, 0.29) is 11.5 Å². The molecule has 6 heteroatoms. The second kappa shape index (κ2) is 6.28. The third kappa shape index (κ3) is 2.83. The van der Waals surface area contributed by atoms with Gasteiger partial charge in [-0.2, -0.15) is 0 Å². The zero-order chi connectivity index (χ0) is 16.6. The first-order valence-corrected chi connectivity index (χ1v) is 8.54. The fourth-order valence-corrected chi connectivity index (χ4v) is 3.05. The Morgan fingerprint density at radius 2 is 1.96 bits per heavy atom. The SMILES string of the molecule is CCCCc1nc2n(c(=O)c1-c1ccc(Br)cc1)C(C)C(=O)N2. The average Bonchev–Trinajstić information content (AvgIpc) is 2.81. The number of benzene rings is 1. The zero-order valence-corrected chi connectivity index (χ0v) is 14.7. The first-order valence-electron chi connectivity index (χ1n) is 7.75. The number of fused-ring (bicyclic) bond motifs is 1. The quantitative estimate of drug-likeness (QED) is 0.888. The van der Waals surface area contributed by atoms with E-state index in [1.807, 2.05) is 24.3 Å². The van der Waals surface area contributed by atoms with Crippen molar-refractivity contribution < 1.29 is 4.79 Å². The molecule has 1 atom stereocenters. The van der Waals surface area contributed by atoms with Crippen molar-refractivity contribution in [1.29, 1.82) is 0 Å². The van der Waals surface area contributed by atoms with Gasteiger partial charge >= 0.3 is 0 Å². The van der Waals surface area contributed by atoms with Crippen LogP contribution in [-0.2, 0) is 11.2 Å². The van der Waals surface area contributed by atoms with Gasteiger partial charge in [0.2, 0.25) is 11.9 Å². The van der Waals surface area contributed by atoms with E-state index >= 15 is 0 Å². The molecule has 0 saturated heterocycles. The van der Waals surface area contributed by atoms with Crippen molar-refractivity contribution in [3.05, 3.63) is 44.8 Å². The fraction of sp³-hybridized carbons (Fsp3) is 0.353. The molecule has 1 aromatic heterocycles. The summed E-state index contributed by atoms with van der Waals surface area (Å²) in [5.41, 5.74) is 2.02. The van der Waals surface area contributed by atoms with Crippen molar-refractivity contribution in [3.63, 3.8) is 0 Å². The van der Waals surface area contributed by atoms with Crippen LogP contribution in [0.2, 0.25) is 0 Å². The van der Waals surface area contributed by atoms with Crippen LogP contribution in [0.4, 0.5) is 5.95 Å². The van der Waals surface area contributed by atoms with Crippen LogP contribution < -0.4 is 10.9 Å². The number of nitrogens with one attached hydrogen (secondary N) is 1. The van der Waals surface area contributed by atoms with Crippen LogP contribution >= 0.6 is 15.9 Å². The van der Waals surface area contributed by atoms with Crippen molar-refractivity contribution >= 4 is 27.8 Å². The van der Waals surface area contributed by atoms with Crippen molar-refractivity contribution in [1.82, 2.24) is 9.55 Å². The molecule has 3 rings (SSSR count). The number of hydrogen-bond donors (Lipinski definition) is 1. The van der Waals surface area contributed by atoms with Crippen molar-refractivity contribution in [2.24, 2.45) is 0 Å². The third-order valence-corrected chi connectivity index (χ3v) is 4.62. The van der Waals surface area contributed by atoms with Gasteiger partial charge in [0.25, 0.3) is 5.56 Å². The van der Waals surface area contributed by atoms with Gasteiger partial charge in [-0.1, -0.05) is 41.4 Å². The Morgan fingerprint density at radius 1 is 1.26 bits per heavy atom. The van der Waals surface area contributed by atoms with E-state index in [0.717, 1.165) is 35.0 Å². The van der Waals surface area contributed by atoms with Crippen molar-refractivity contribution in [2.45, 2.75) is 39.2 Å². The highest BCUT2D eigenvalue weighted by Crippen LogP contribution is 2.27. The molecule has 23 heavy (non-hydrogen) atoms. The summed E-state index contributed by atoms with van der Waals surface area (Å²) in [6.45, 7) is 3.81. The molecule has 0 saturated carbocycles. The van der Waals surface area contributed by atoms with Gasteiger partial charge in [-0.05, 0) is 37.5 Å². The van der Waals surface area contributed by atoms with Crippen molar-refractivity contribution in [2.75, 3.05) is 5.32 Å². The first kappa shape index (κ1) is 15.9. The van der Waals surface area contributed by atoms with Gasteiger partial charge in [-0.15, -0.1) is 0 Å². The normalized spacial score (nSPS) is 16.3. The van der Waals surface area contributed by atoms with Gasteiger partial charge in [-0.25, -0.2) is 4.98 Å². The third-order valence-electron chi connectivity index (χ3n) is 4.09. The van der Waals surface area contributed by atoms with E-state index in [9.17, 15) is 9.59 Å². The molecule has 1 aliphatic rings. The molecule has 1 N–H and O–H groups in total. The first-order chi connectivity index (χ1) is 11.0. The number of carbonyl (C=O) groups excluding carboxylic acids is 1. The lowest BCUT2D eigenvalue weighted by Crippen LogP contribution is -2.26. The molecule has 2 aromatic rings. The second-order valence-electron chi connectivity index (χ2n) is 5.71. The number of unbranched alkanes of at least 4 members (excludes halogenated alkanes) is 1. The van der Waals surface area contributed by atoms with Crippen LogP contribution in [0.25, 0.3) is 11.1 Å². The lowest BCUT2D eigenvalue weighted by molar-refractivity contribution is -0.117. The van der Waals surface area contributed by atoms with Gasteiger partial charge < -0.3 is 0 Å². The monoisotopic (exact) mass is 375 g/mol. The molecule has 5 nitrogen and oxygen atoms in total. The fourth-order valence-electron chi connectivity index (χ4n) is 2.79. The van der Waals surface area contributed by atoms with Crippen LogP contribution in [-0.4, -0.2) is 15.5 Å². The molecule has 0 aliphatic carbocycles. The summed E-state index contributed by atoms with van der Waals surface area (Å²) in [6, 6.07) is 7.09. The zero-order valence-electron chi connectivity index (χ0n) is 13.1. The summed E-state index contributed by atoms with van der Waals surface area (Å²) >= 11 is 3.41. The number of aromatic nitrogens is 2. The van der Waals surface area contributed by atoms with E-state index in [2.05, 4.69) is 33.2 Å². The highest BCUT2D eigenvalue weighted by molar-refractivity contribution is 9.10. The Morgan fingerprint density at radius 3 is 2.61 bits per heavy atom. The summed E-state index contributed by atoms with van der Waals surface area (Å²) < 4.78 is 2.41. The molecule has 0 fully saturated rings. The summed E-state index contributed by atoms with van der Waals surface area (Å²) in [6.07, 6.45) is 2.68. The van der Waals surface area contributed by atoms with Crippen LogP contribution in [0.1, 0.15) is 38.4 Å². The maximum absolute atomic E-state index is 13.0. The number of aryl methyl sites for hydroxylation is 1. The largest absolute Gasteiger partial charge is 0.294 e. The van der Waals surface area contributed by atoms with Gasteiger partial charge in [0.1, 0.15) is 6.04 Å². The molecule has 1 amide bonds. The van der Waals surface area contributed by atoms with E-state index in [0.29, 0.717) is 11.5 Å². The number of amides is 1. The molecule has 0 spiro atoms. The van der Waals surface area contributed by atoms with Crippen molar-refractivity contribution in [3.8, 4) is 11.1 Å². The van der Waals surface area contributed by atoms with Crippen LogP contribution in [0.5, 0.6) is 0 Å². The van der Waals surface area contributed by atoms with Crippen LogP contribution in [0.15, 0.2) is 33.5 Å². The molecule has 1 unspecified atom stereocenters. The Bertz CT molecular complexity index is 812. The highest BCUT2D eigenvalue weighted by atomic mass is 79.9. The average molecular weight is 376 g/mol. The standard InChI is InChI=1S/C17H18BrN3O2/c1-3-4-5-13-14(11-6-8-12(18)9-7-11)16(23)21-10(2)15(22)20-17(21)19-13/h6-10H,3-5H2,1-2H3,(H,19,20,22). The molecule has 0 bridgehead atoms. The Kier molecular flexibility index (Phi) is 4.35. The van der Waals surface area contributed by atoms with Crippen LogP contribution in [0, 0.1) is 0 Å². The van der Waals surface area contributed by atoms with E-state index in [1.165, 1.54) is 4.57 Å². The Labute approximate surface area is 142 Å². The number of hydrogen-bond acceptors (Lipinski definition) is 3. The molecule has 0 radical (unpaired) electrons. The van der Waals surface area contributed by atoms with E-state index in [4.69, 9.17) is 0 Å². The lowest BCUT2D eigenvalue weighted by Gasteiger charge is -2.13. The molecule has 120 valence electrons. The smallest absolute Gasteiger partial charge is 0.263 e. The predicted molar refractivity (Wildman–Crippen MR) is 93.6 cm³/mol.